The van der Waals surface area contributed by atoms with Crippen LogP contribution in [0.2, 0.25) is 5.02 Å². The number of nitrogens with zero attached hydrogens (tertiary/aromatic N) is 1. The minimum atomic E-state index is -2.68. The zero-order valence-corrected chi connectivity index (χ0v) is 26.9. The lowest BCUT2D eigenvalue weighted by atomic mass is 9.54. The number of phenols is 1. The number of primary amides is 1. The summed E-state index contributed by atoms with van der Waals surface area (Å²) in [5, 5.41) is 49.5. The Labute approximate surface area is 277 Å². The van der Waals surface area contributed by atoms with E-state index in [1.165, 1.54) is 11.6 Å². The summed E-state index contributed by atoms with van der Waals surface area (Å²) in [7, 11) is 3.25. The molecule has 3 aromatic rings. The van der Waals surface area contributed by atoms with E-state index in [4.69, 9.17) is 17.3 Å². The Balaban J connectivity index is 1.29. The third kappa shape index (κ3) is 5.54. The van der Waals surface area contributed by atoms with Crippen molar-refractivity contribution in [1.82, 2.24) is 10.2 Å². The monoisotopic (exact) mass is 659 g/mol. The fourth-order valence-electron chi connectivity index (χ4n) is 7.79. The van der Waals surface area contributed by atoms with Gasteiger partial charge < -0.3 is 36.4 Å². The molecule has 2 fully saturated rings. The molecule has 0 aliphatic heterocycles. The number of rotatable bonds is 8. The molecule has 1 amide bonds. The molecular weight excluding hydrogens is 622 g/mol. The van der Waals surface area contributed by atoms with E-state index in [2.05, 4.69) is 5.32 Å². The Kier molecular flexibility index (Phi) is 8.75. The zero-order chi connectivity index (χ0) is 33.8. The Morgan fingerprint density at radius 2 is 1.68 bits per heavy atom. The average Bonchev–Trinajstić information content (AvgIpc) is 3.02. The second-order valence-corrected chi connectivity index (χ2v) is 13.5. The summed E-state index contributed by atoms with van der Waals surface area (Å²) in [6.07, 6.45) is -0.375. The van der Waals surface area contributed by atoms with Crippen LogP contribution in [-0.4, -0.2) is 81.2 Å². The molecule has 3 aromatic carbocycles. The van der Waals surface area contributed by atoms with Crippen LogP contribution in [0.5, 0.6) is 5.75 Å². The number of hydrogen-bond donors (Lipinski definition) is 6. The van der Waals surface area contributed by atoms with Crippen molar-refractivity contribution in [1.29, 1.82) is 0 Å². The van der Waals surface area contributed by atoms with Crippen molar-refractivity contribution in [3.8, 4) is 16.9 Å². The third-order valence-corrected chi connectivity index (χ3v) is 10.3. The maximum atomic E-state index is 14.1. The van der Waals surface area contributed by atoms with Crippen LogP contribution in [0.4, 0.5) is 0 Å². The second kappa shape index (κ2) is 12.5. The maximum absolute atomic E-state index is 14.1. The topological polar surface area (TPSA) is 173 Å². The summed E-state index contributed by atoms with van der Waals surface area (Å²) in [5.74, 6) is -7.61. The van der Waals surface area contributed by atoms with E-state index in [0.29, 0.717) is 17.1 Å². The SMILES string of the molecule is CN(C)C1C(O)C(C(N)=O)C(=O)[C@]2(O)C(=O)C3=C(O)c4c(O)ccc(-c5ccc(CNCCc6ccc(Cl)cc6)cc5)c4C[C@@H]3C[C@H]12. The van der Waals surface area contributed by atoms with Crippen LogP contribution < -0.4 is 11.1 Å². The van der Waals surface area contributed by atoms with Gasteiger partial charge in [-0.25, -0.2) is 0 Å². The number of benzene rings is 3. The van der Waals surface area contributed by atoms with Gasteiger partial charge in [-0.1, -0.05) is 54.1 Å². The molecule has 0 spiro atoms. The normalized spacial score (nSPS) is 27.0. The van der Waals surface area contributed by atoms with Gasteiger partial charge in [0.2, 0.25) is 11.7 Å². The highest BCUT2D eigenvalue weighted by Gasteiger charge is 2.67. The lowest BCUT2D eigenvalue weighted by Gasteiger charge is -2.53. The minimum Gasteiger partial charge on any atom is -0.507 e. The van der Waals surface area contributed by atoms with Crippen molar-refractivity contribution in [2.75, 3.05) is 20.6 Å². The maximum Gasteiger partial charge on any atom is 0.230 e. The lowest BCUT2D eigenvalue weighted by Crippen LogP contribution is -2.73. The molecule has 7 N–H and O–H groups in total. The summed E-state index contributed by atoms with van der Waals surface area (Å²) >= 11 is 5.97. The molecule has 3 aliphatic carbocycles. The summed E-state index contributed by atoms with van der Waals surface area (Å²) in [6.45, 7) is 1.46. The van der Waals surface area contributed by atoms with Crippen LogP contribution in [0.3, 0.4) is 0 Å². The van der Waals surface area contributed by atoms with Crippen molar-refractivity contribution in [2.24, 2.45) is 23.5 Å². The number of Topliss-reactive ketones (excluding diaryl/α,β-unsaturated/α-hetero) is 2. The average molecular weight is 660 g/mol. The highest BCUT2D eigenvalue weighted by Crippen LogP contribution is 2.53. The number of likely N-dealkylation sites (N-methyl/N-ethyl adjacent to an activating group) is 1. The van der Waals surface area contributed by atoms with E-state index in [-0.39, 0.29) is 29.7 Å². The van der Waals surface area contributed by atoms with Crippen LogP contribution in [0.1, 0.15) is 28.7 Å². The Morgan fingerprint density at radius 1 is 1.02 bits per heavy atom. The number of aromatic hydroxyl groups is 1. The van der Waals surface area contributed by atoms with Crippen molar-refractivity contribution < 1.29 is 34.8 Å². The van der Waals surface area contributed by atoms with Crippen molar-refractivity contribution in [3.63, 3.8) is 0 Å². The molecule has 246 valence electrons. The Hall–Kier alpha value is -4.06. The zero-order valence-electron chi connectivity index (χ0n) is 26.1. The third-order valence-electron chi connectivity index (χ3n) is 10.1. The van der Waals surface area contributed by atoms with Crippen LogP contribution in [-0.2, 0) is 33.8 Å². The van der Waals surface area contributed by atoms with Gasteiger partial charge in [0.25, 0.3) is 0 Å². The number of phenolic OH excluding ortho intramolecular Hbond substituents is 1. The number of carbonyl (C=O) groups is 3. The number of halogens is 1. The van der Waals surface area contributed by atoms with Crippen LogP contribution in [0, 0.1) is 17.8 Å². The first-order valence-electron chi connectivity index (χ1n) is 15.6. The molecule has 0 saturated heterocycles. The first-order valence-corrected chi connectivity index (χ1v) is 16.0. The summed E-state index contributed by atoms with van der Waals surface area (Å²) < 4.78 is 0. The molecule has 2 saturated carbocycles. The van der Waals surface area contributed by atoms with E-state index >= 15 is 0 Å². The van der Waals surface area contributed by atoms with Gasteiger partial charge >= 0.3 is 0 Å². The standard InChI is InChI=1S/C36H38ClN3O7/c1-40(2)30-25-16-21-15-24-23(20-7-3-19(4-8-20)17-39-14-13-18-5-9-22(37)10-6-18)11-12-26(41)28(24)31(42)27(21)33(44)36(25,47)34(45)29(32(30)43)35(38)46/h3-12,21,25,29-30,32,39,41-43,47H,13-17H2,1-2H3,(H2,38,46)/t21-,25-,29?,30?,32?,36-/m1/s1. The Morgan fingerprint density at radius 3 is 2.32 bits per heavy atom. The quantitative estimate of drug-likeness (QED) is 0.157. The van der Waals surface area contributed by atoms with Gasteiger partial charge in [0, 0.05) is 29.1 Å². The van der Waals surface area contributed by atoms with Crippen LogP contribution in [0.15, 0.2) is 66.2 Å². The number of fused-ring (bicyclic) bond motifs is 3. The number of nitrogens with two attached hydrogens (primary N) is 1. The molecular formula is C36H38ClN3O7. The van der Waals surface area contributed by atoms with Gasteiger partial charge in [-0.2, -0.15) is 0 Å². The van der Waals surface area contributed by atoms with Gasteiger partial charge in [-0.05, 0) is 91.8 Å². The van der Waals surface area contributed by atoms with Gasteiger partial charge in [-0.15, -0.1) is 0 Å². The first kappa shape index (κ1) is 32.9. The predicted molar refractivity (Wildman–Crippen MR) is 176 cm³/mol. The number of carbonyl (C=O) groups excluding carboxylic acids is 3. The number of aliphatic hydroxyl groups is 3. The van der Waals surface area contributed by atoms with Gasteiger partial charge in [0.05, 0.1) is 11.7 Å². The predicted octanol–water partition coefficient (Wildman–Crippen LogP) is 2.78. The number of nitrogens with one attached hydrogen (secondary N) is 1. The molecule has 0 heterocycles. The summed E-state index contributed by atoms with van der Waals surface area (Å²) in [5.41, 5.74) is 7.16. The molecule has 3 unspecified atom stereocenters. The van der Waals surface area contributed by atoms with E-state index in [9.17, 15) is 34.8 Å². The fourth-order valence-corrected chi connectivity index (χ4v) is 7.92. The molecule has 47 heavy (non-hydrogen) atoms. The highest BCUT2D eigenvalue weighted by atomic mass is 35.5. The van der Waals surface area contributed by atoms with Crippen LogP contribution in [0.25, 0.3) is 16.9 Å². The van der Waals surface area contributed by atoms with Crippen molar-refractivity contribution in [2.45, 2.75) is 43.6 Å². The largest absolute Gasteiger partial charge is 0.507 e. The summed E-state index contributed by atoms with van der Waals surface area (Å²) in [4.78, 5) is 41.4. The number of aliphatic hydroxyl groups excluding tert-OH is 2. The highest BCUT2D eigenvalue weighted by molar-refractivity contribution is 6.30. The minimum absolute atomic E-state index is 0.0634. The van der Waals surface area contributed by atoms with Gasteiger partial charge in [0.15, 0.2) is 11.4 Å². The summed E-state index contributed by atoms with van der Waals surface area (Å²) in [6, 6.07) is 18.0. The van der Waals surface area contributed by atoms with Gasteiger partial charge in [0.1, 0.15) is 17.4 Å². The smallest absolute Gasteiger partial charge is 0.230 e. The molecule has 3 aliphatic rings. The molecule has 0 aromatic heterocycles. The molecule has 0 radical (unpaired) electrons. The fraction of sp³-hybridized carbons (Fsp3) is 0.361. The van der Waals surface area contributed by atoms with E-state index < -0.39 is 58.7 Å². The van der Waals surface area contributed by atoms with E-state index in [1.54, 1.807) is 25.1 Å². The van der Waals surface area contributed by atoms with E-state index in [0.717, 1.165) is 29.7 Å². The van der Waals surface area contributed by atoms with E-state index in [1.807, 2.05) is 48.5 Å². The number of hydrogen-bond acceptors (Lipinski definition) is 9. The first-order chi connectivity index (χ1) is 22.3. The Bertz CT molecular complexity index is 1770. The molecule has 11 heteroatoms. The second-order valence-electron chi connectivity index (χ2n) is 13.0. The van der Waals surface area contributed by atoms with Crippen molar-refractivity contribution in [3.05, 3.63) is 93.5 Å². The molecule has 6 atom stereocenters. The number of amides is 1. The van der Waals surface area contributed by atoms with Crippen LogP contribution >= 0.6 is 11.6 Å². The molecule has 0 bridgehead atoms. The number of ketones is 2. The molecule has 10 nitrogen and oxygen atoms in total. The molecule has 6 rings (SSSR count). The van der Waals surface area contributed by atoms with Gasteiger partial charge in [-0.3, -0.25) is 14.4 Å². The lowest BCUT2D eigenvalue weighted by molar-refractivity contribution is -0.184. The van der Waals surface area contributed by atoms with Crippen molar-refractivity contribution >= 4 is 34.8 Å².